The molecule has 17 heavy (non-hydrogen) atoms. The average molecular weight is 257 g/mol. The van der Waals surface area contributed by atoms with Crippen molar-refractivity contribution in [1.29, 1.82) is 0 Å². The van der Waals surface area contributed by atoms with Gasteiger partial charge in [0.15, 0.2) is 5.82 Å². The van der Waals surface area contributed by atoms with Crippen LogP contribution in [-0.4, -0.2) is 16.0 Å². The second kappa shape index (κ2) is 6.64. The molecule has 0 bridgehead atoms. The van der Waals surface area contributed by atoms with E-state index in [1.165, 1.54) is 19.0 Å². The maximum absolute atomic E-state index is 5.98. The number of nitrogens with zero attached hydrogens (tertiary/aromatic N) is 2. The summed E-state index contributed by atoms with van der Waals surface area (Å²) in [5.41, 5.74) is 5.52. The van der Waals surface area contributed by atoms with Crippen molar-refractivity contribution >= 4 is 23.4 Å². The fourth-order valence-corrected chi connectivity index (χ4v) is 1.77. The molecule has 0 radical (unpaired) electrons. The third-order valence-corrected chi connectivity index (χ3v) is 2.84. The molecule has 4 nitrogen and oxygen atoms in total. The van der Waals surface area contributed by atoms with Crippen molar-refractivity contribution in [2.45, 2.75) is 46.1 Å². The van der Waals surface area contributed by atoms with E-state index < -0.39 is 0 Å². The van der Waals surface area contributed by atoms with Gasteiger partial charge in [-0.3, -0.25) is 0 Å². The van der Waals surface area contributed by atoms with Crippen molar-refractivity contribution < 1.29 is 0 Å². The Labute approximate surface area is 108 Å². The zero-order chi connectivity index (χ0) is 12.8. The molecule has 0 amide bonds. The number of aromatic nitrogens is 2. The first kappa shape index (κ1) is 14.0. The zero-order valence-electron chi connectivity index (χ0n) is 10.7. The molecule has 0 aliphatic rings. The smallest absolute Gasteiger partial charge is 0.222 e. The fourth-order valence-electron chi connectivity index (χ4n) is 1.62. The number of nitrogens with one attached hydrogen (secondary N) is 1. The van der Waals surface area contributed by atoms with Crippen molar-refractivity contribution in [2.75, 3.05) is 11.1 Å². The first-order valence-electron chi connectivity index (χ1n) is 6.03. The molecule has 1 atom stereocenters. The van der Waals surface area contributed by atoms with Crippen LogP contribution in [0.25, 0.3) is 0 Å². The van der Waals surface area contributed by atoms with Crippen LogP contribution >= 0.6 is 11.6 Å². The van der Waals surface area contributed by atoms with Crippen LogP contribution < -0.4 is 11.1 Å². The van der Waals surface area contributed by atoms with E-state index in [1.54, 1.807) is 0 Å². The number of nitrogen functional groups attached to an aromatic ring is 1. The molecule has 0 fully saturated rings. The lowest BCUT2D eigenvalue weighted by molar-refractivity contribution is 0.520. The topological polar surface area (TPSA) is 63.8 Å². The molecule has 5 heteroatoms. The summed E-state index contributed by atoms with van der Waals surface area (Å²) in [5.74, 6) is 1.61. The van der Waals surface area contributed by atoms with Crippen LogP contribution in [0.1, 0.15) is 40.0 Å². The Kier molecular flexibility index (Phi) is 5.48. The standard InChI is InChI=1S/C12H21ClN4/c1-8(2)5-4-6-9(3)16-11-10(13)7-15-12(14)17-11/h7-9H,4-6H2,1-3H3,(H3,14,15,16,17). The Hall–Kier alpha value is -1.03. The molecule has 1 unspecified atom stereocenters. The number of nitrogens with two attached hydrogens (primary N) is 1. The van der Waals surface area contributed by atoms with Crippen LogP contribution in [0.5, 0.6) is 0 Å². The number of anilines is 2. The minimum absolute atomic E-state index is 0.242. The van der Waals surface area contributed by atoms with E-state index in [1.807, 2.05) is 0 Å². The molecule has 0 saturated heterocycles. The normalized spacial score (nSPS) is 12.8. The number of halogens is 1. The number of rotatable bonds is 6. The summed E-state index contributed by atoms with van der Waals surface area (Å²) in [6, 6.07) is 0.334. The summed E-state index contributed by atoms with van der Waals surface area (Å²) in [4.78, 5) is 7.91. The third kappa shape index (κ3) is 5.22. The van der Waals surface area contributed by atoms with Gasteiger partial charge in [-0.1, -0.05) is 38.3 Å². The van der Waals surface area contributed by atoms with Gasteiger partial charge in [0.05, 0.1) is 6.20 Å². The Balaban J connectivity index is 2.44. The molecule has 0 spiro atoms. The highest BCUT2D eigenvalue weighted by Gasteiger charge is 2.08. The van der Waals surface area contributed by atoms with Gasteiger partial charge in [0, 0.05) is 6.04 Å². The minimum Gasteiger partial charge on any atom is -0.368 e. The van der Waals surface area contributed by atoms with E-state index in [2.05, 4.69) is 36.1 Å². The van der Waals surface area contributed by atoms with Gasteiger partial charge in [0.25, 0.3) is 0 Å². The first-order chi connectivity index (χ1) is 7.99. The Morgan fingerprint density at radius 3 is 2.71 bits per heavy atom. The fraction of sp³-hybridized carbons (Fsp3) is 0.667. The molecule has 0 aliphatic carbocycles. The van der Waals surface area contributed by atoms with Gasteiger partial charge in [-0.25, -0.2) is 4.98 Å². The Morgan fingerprint density at radius 2 is 2.06 bits per heavy atom. The highest BCUT2D eigenvalue weighted by atomic mass is 35.5. The van der Waals surface area contributed by atoms with Crippen molar-refractivity contribution in [3.05, 3.63) is 11.2 Å². The molecule has 0 aliphatic heterocycles. The van der Waals surface area contributed by atoms with Gasteiger partial charge in [-0.15, -0.1) is 0 Å². The van der Waals surface area contributed by atoms with Crippen LogP contribution in [0.2, 0.25) is 5.02 Å². The molecule has 1 heterocycles. The molecular formula is C12H21ClN4. The van der Waals surface area contributed by atoms with E-state index in [0.717, 1.165) is 12.3 Å². The summed E-state index contributed by atoms with van der Waals surface area (Å²) in [6.45, 7) is 6.59. The van der Waals surface area contributed by atoms with Gasteiger partial charge in [0.2, 0.25) is 5.95 Å². The van der Waals surface area contributed by atoms with Crippen molar-refractivity contribution in [3.63, 3.8) is 0 Å². The highest BCUT2D eigenvalue weighted by molar-refractivity contribution is 6.32. The van der Waals surface area contributed by atoms with Crippen LogP contribution in [0.15, 0.2) is 6.20 Å². The van der Waals surface area contributed by atoms with Gasteiger partial charge in [0.1, 0.15) is 5.02 Å². The SMILES string of the molecule is CC(C)CCCC(C)Nc1nc(N)ncc1Cl. The van der Waals surface area contributed by atoms with Crippen molar-refractivity contribution in [2.24, 2.45) is 5.92 Å². The van der Waals surface area contributed by atoms with E-state index in [4.69, 9.17) is 17.3 Å². The zero-order valence-corrected chi connectivity index (χ0v) is 11.5. The summed E-state index contributed by atoms with van der Waals surface area (Å²) >= 11 is 5.98. The Bertz CT molecular complexity index is 354. The van der Waals surface area contributed by atoms with Gasteiger partial charge in [-0.05, 0) is 19.3 Å². The monoisotopic (exact) mass is 256 g/mol. The second-order valence-electron chi connectivity index (χ2n) is 4.79. The van der Waals surface area contributed by atoms with Crippen molar-refractivity contribution in [3.8, 4) is 0 Å². The maximum atomic E-state index is 5.98. The van der Waals surface area contributed by atoms with Crippen molar-refractivity contribution in [1.82, 2.24) is 9.97 Å². The molecule has 1 aromatic heterocycles. The molecule has 1 aromatic rings. The molecule has 0 aromatic carbocycles. The van der Waals surface area contributed by atoms with Crippen LogP contribution in [-0.2, 0) is 0 Å². The molecule has 96 valence electrons. The largest absolute Gasteiger partial charge is 0.368 e. The van der Waals surface area contributed by atoms with E-state index in [9.17, 15) is 0 Å². The minimum atomic E-state index is 0.242. The molecular weight excluding hydrogens is 236 g/mol. The number of hydrogen-bond acceptors (Lipinski definition) is 4. The highest BCUT2D eigenvalue weighted by Crippen LogP contribution is 2.20. The van der Waals surface area contributed by atoms with Gasteiger partial charge >= 0.3 is 0 Å². The van der Waals surface area contributed by atoms with E-state index in [0.29, 0.717) is 16.9 Å². The van der Waals surface area contributed by atoms with Gasteiger partial charge in [-0.2, -0.15) is 4.98 Å². The summed E-state index contributed by atoms with van der Waals surface area (Å²) < 4.78 is 0. The van der Waals surface area contributed by atoms with E-state index in [-0.39, 0.29) is 5.95 Å². The second-order valence-corrected chi connectivity index (χ2v) is 5.20. The first-order valence-corrected chi connectivity index (χ1v) is 6.41. The van der Waals surface area contributed by atoms with Gasteiger partial charge < -0.3 is 11.1 Å². The average Bonchev–Trinajstić information content (AvgIpc) is 2.23. The lowest BCUT2D eigenvalue weighted by atomic mass is 10.0. The molecule has 1 rings (SSSR count). The third-order valence-electron chi connectivity index (χ3n) is 2.56. The Morgan fingerprint density at radius 1 is 1.35 bits per heavy atom. The summed E-state index contributed by atoms with van der Waals surface area (Å²) in [6.07, 6.45) is 5.06. The van der Waals surface area contributed by atoms with E-state index >= 15 is 0 Å². The molecule has 0 saturated carbocycles. The lowest BCUT2D eigenvalue weighted by Crippen LogP contribution is -2.17. The predicted molar refractivity (Wildman–Crippen MR) is 73.2 cm³/mol. The lowest BCUT2D eigenvalue weighted by Gasteiger charge is -2.15. The predicted octanol–water partition coefficient (Wildman–Crippen LogP) is 3.34. The quantitative estimate of drug-likeness (QED) is 0.819. The van der Waals surface area contributed by atoms with Crippen LogP contribution in [0.3, 0.4) is 0 Å². The van der Waals surface area contributed by atoms with Crippen LogP contribution in [0.4, 0.5) is 11.8 Å². The number of hydrogen-bond donors (Lipinski definition) is 2. The maximum Gasteiger partial charge on any atom is 0.222 e. The summed E-state index contributed by atoms with van der Waals surface area (Å²) in [7, 11) is 0. The molecule has 3 N–H and O–H groups in total. The summed E-state index contributed by atoms with van der Waals surface area (Å²) in [5, 5.41) is 3.77. The van der Waals surface area contributed by atoms with Crippen LogP contribution in [0, 0.1) is 5.92 Å².